The minimum Gasteiger partial charge on any atom is -0.504 e. The van der Waals surface area contributed by atoms with E-state index < -0.39 is 17.8 Å². The number of carbonyl (C=O) groups is 2. The molecule has 1 aliphatic carbocycles. The van der Waals surface area contributed by atoms with Gasteiger partial charge in [0.25, 0.3) is 0 Å². The molecule has 0 radical (unpaired) electrons. The number of hydrogen-bond donors (Lipinski definition) is 1. The third-order valence-electron chi connectivity index (χ3n) is 6.68. The molecule has 35 heavy (non-hydrogen) atoms. The van der Waals surface area contributed by atoms with Gasteiger partial charge in [0.1, 0.15) is 18.1 Å². The summed E-state index contributed by atoms with van der Waals surface area (Å²) in [4.78, 5) is 31.6. The van der Waals surface area contributed by atoms with E-state index in [0.717, 1.165) is 11.3 Å². The number of allylic oxidation sites excluding steroid dienone is 1. The number of benzene rings is 2. The number of phenols is 1. The van der Waals surface area contributed by atoms with Crippen LogP contribution in [0.25, 0.3) is 0 Å². The van der Waals surface area contributed by atoms with E-state index in [1.54, 1.807) is 38.3 Å². The summed E-state index contributed by atoms with van der Waals surface area (Å²) >= 11 is 0. The molecule has 1 saturated carbocycles. The molecule has 2 aliphatic rings. The predicted molar refractivity (Wildman–Crippen MR) is 132 cm³/mol. The molecule has 1 fully saturated rings. The van der Waals surface area contributed by atoms with Gasteiger partial charge in [-0.25, -0.2) is 4.79 Å². The highest BCUT2D eigenvalue weighted by atomic mass is 16.5. The summed E-state index contributed by atoms with van der Waals surface area (Å²) in [6.45, 7) is 5.97. The standard InChI is InChI=1S/C28H31NO6/c1-16-24(27(32)35-15-17-6-9-19(33-4)10-7-17)25(18-8-11-21(30)23(12-18)34-5)26-20(29-16)13-28(2,3)14-22(26)31/h6-12,25-26,30H,13-15H2,1-5H3. The zero-order valence-corrected chi connectivity index (χ0v) is 20.8. The number of esters is 1. The SMILES string of the molecule is COc1ccc(COC(=O)C2=C(C)N=C3CC(C)(C)CC(=O)C3C2c2ccc(O)c(OC)c2)cc1. The van der Waals surface area contributed by atoms with E-state index in [0.29, 0.717) is 35.4 Å². The number of aliphatic imine (C=N–C) groups is 1. The van der Waals surface area contributed by atoms with Crippen LogP contribution >= 0.6 is 0 Å². The van der Waals surface area contributed by atoms with Gasteiger partial charge in [-0.05, 0) is 54.2 Å². The smallest absolute Gasteiger partial charge is 0.336 e. The summed E-state index contributed by atoms with van der Waals surface area (Å²) < 4.78 is 16.2. The lowest BCUT2D eigenvalue weighted by Gasteiger charge is -2.41. The van der Waals surface area contributed by atoms with Crippen molar-refractivity contribution < 1.29 is 28.9 Å². The Morgan fingerprint density at radius 1 is 1.06 bits per heavy atom. The Labute approximate surface area is 205 Å². The molecular formula is C28H31NO6. The predicted octanol–water partition coefficient (Wildman–Crippen LogP) is 4.97. The molecule has 7 nitrogen and oxygen atoms in total. The van der Waals surface area contributed by atoms with Crippen LogP contribution in [0.1, 0.15) is 50.7 Å². The average Bonchev–Trinajstić information content (AvgIpc) is 2.81. The Kier molecular flexibility index (Phi) is 6.70. The van der Waals surface area contributed by atoms with Crippen molar-refractivity contribution in [2.75, 3.05) is 14.2 Å². The van der Waals surface area contributed by atoms with Crippen molar-refractivity contribution in [1.29, 1.82) is 0 Å². The first kappa shape index (κ1) is 24.5. The van der Waals surface area contributed by atoms with Crippen molar-refractivity contribution in [3.05, 3.63) is 64.9 Å². The highest BCUT2D eigenvalue weighted by Crippen LogP contribution is 2.48. The minimum atomic E-state index is -0.580. The van der Waals surface area contributed by atoms with E-state index in [4.69, 9.17) is 19.2 Å². The van der Waals surface area contributed by atoms with Gasteiger partial charge in [-0.2, -0.15) is 0 Å². The second-order valence-electron chi connectivity index (χ2n) is 9.90. The normalized spacial score (nSPS) is 21.2. The van der Waals surface area contributed by atoms with Crippen LogP contribution in [0.15, 0.2) is 58.7 Å². The van der Waals surface area contributed by atoms with Crippen LogP contribution in [0.2, 0.25) is 0 Å². The van der Waals surface area contributed by atoms with E-state index in [2.05, 4.69) is 13.8 Å². The Bertz CT molecular complexity index is 1210. The second kappa shape index (κ2) is 9.56. The van der Waals surface area contributed by atoms with E-state index in [1.807, 2.05) is 12.1 Å². The lowest BCUT2D eigenvalue weighted by Crippen LogP contribution is -2.44. The molecule has 0 saturated heterocycles. The maximum Gasteiger partial charge on any atom is 0.336 e. The molecule has 2 unspecified atom stereocenters. The molecule has 1 aliphatic heterocycles. The topological polar surface area (TPSA) is 94.4 Å². The number of ether oxygens (including phenoxy) is 3. The quantitative estimate of drug-likeness (QED) is 0.591. The Hall–Kier alpha value is -3.61. The van der Waals surface area contributed by atoms with Gasteiger partial charge in [-0.3, -0.25) is 9.79 Å². The molecule has 1 heterocycles. The zero-order chi connectivity index (χ0) is 25.3. The summed E-state index contributed by atoms with van der Waals surface area (Å²) in [5.41, 5.74) is 2.99. The number of Topliss-reactive ketones (excluding diaryl/α,β-unsaturated/α-hetero) is 1. The van der Waals surface area contributed by atoms with Crippen molar-refractivity contribution in [1.82, 2.24) is 0 Å². The third-order valence-corrected chi connectivity index (χ3v) is 6.68. The monoisotopic (exact) mass is 477 g/mol. The number of phenolic OH excluding ortho intramolecular Hbond substituents is 1. The average molecular weight is 478 g/mol. The summed E-state index contributed by atoms with van der Waals surface area (Å²) in [6, 6.07) is 12.2. The minimum absolute atomic E-state index is 0.0126. The van der Waals surface area contributed by atoms with Crippen molar-refractivity contribution in [3.63, 3.8) is 0 Å². The van der Waals surface area contributed by atoms with Gasteiger partial charge in [-0.1, -0.05) is 32.0 Å². The number of nitrogens with zero attached hydrogens (tertiary/aromatic N) is 1. The Morgan fingerprint density at radius 2 is 1.77 bits per heavy atom. The largest absolute Gasteiger partial charge is 0.504 e. The summed E-state index contributed by atoms with van der Waals surface area (Å²) in [5, 5.41) is 10.1. The third kappa shape index (κ3) is 4.94. The fourth-order valence-corrected chi connectivity index (χ4v) is 5.05. The van der Waals surface area contributed by atoms with Crippen LogP contribution in [0.3, 0.4) is 0 Å². The summed E-state index contributed by atoms with van der Waals surface area (Å²) in [7, 11) is 3.06. The molecule has 0 spiro atoms. The second-order valence-corrected chi connectivity index (χ2v) is 9.90. The summed E-state index contributed by atoms with van der Waals surface area (Å²) in [5.74, 6) is -0.637. The van der Waals surface area contributed by atoms with Crippen LogP contribution < -0.4 is 9.47 Å². The van der Waals surface area contributed by atoms with Crippen molar-refractivity contribution in [3.8, 4) is 17.2 Å². The Balaban J connectivity index is 1.73. The molecule has 2 aromatic carbocycles. The number of aromatic hydroxyl groups is 1. The van der Waals surface area contributed by atoms with Gasteiger partial charge >= 0.3 is 5.97 Å². The van der Waals surface area contributed by atoms with Gasteiger partial charge < -0.3 is 19.3 Å². The molecule has 2 aromatic rings. The number of ketones is 1. The highest BCUT2D eigenvalue weighted by Gasteiger charge is 2.47. The molecule has 2 atom stereocenters. The van der Waals surface area contributed by atoms with Crippen LogP contribution in [0.5, 0.6) is 17.2 Å². The van der Waals surface area contributed by atoms with E-state index in [1.165, 1.54) is 13.2 Å². The van der Waals surface area contributed by atoms with Gasteiger partial charge in [0.2, 0.25) is 0 Å². The molecular weight excluding hydrogens is 446 g/mol. The van der Waals surface area contributed by atoms with Crippen LogP contribution in [0.4, 0.5) is 0 Å². The number of rotatable bonds is 6. The molecule has 4 rings (SSSR count). The van der Waals surface area contributed by atoms with Crippen molar-refractivity contribution in [2.24, 2.45) is 16.3 Å². The highest BCUT2D eigenvalue weighted by molar-refractivity contribution is 6.12. The van der Waals surface area contributed by atoms with E-state index in [-0.39, 0.29) is 29.3 Å². The number of methoxy groups -OCH3 is 2. The first-order chi connectivity index (χ1) is 16.6. The fraction of sp³-hybridized carbons (Fsp3) is 0.393. The van der Waals surface area contributed by atoms with E-state index >= 15 is 0 Å². The van der Waals surface area contributed by atoms with Crippen LogP contribution in [0, 0.1) is 11.3 Å². The number of carbonyl (C=O) groups excluding carboxylic acids is 2. The van der Waals surface area contributed by atoms with Gasteiger partial charge in [-0.15, -0.1) is 0 Å². The molecule has 7 heteroatoms. The Morgan fingerprint density at radius 3 is 2.43 bits per heavy atom. The number of fused-ring (bicyclic) bond motifs is 1. The first-order valence-corrected chi connectivity index (χ1v) is 11.6. The zero-order valence-electron chi connectivity index (χ0n) is 20.8. The van der Waals surface area contributed by atoms with Gasteiger partial charge in [0.05, 0.1) is 25.7 Å². The van der Waals surface area contributed by atoms with E-state index in [9.17, 15) is 14.7 Å². The molecule has 1 N–H and O–H groups in total. The fourth-order valence-electron chi connectivity index (χ4n) is 5.05. The van der Waals surface area contributed by atoms with Crippen LogP contribution in [-0.2, 0) is 20.9 Å². The maximum absolute atomic E-state index is 13.5. The van der Waals surface area contributed by atoms with Crippen molar-refractivity contribution in [2.45, 2.75) is 46.1 Å². The summed E-state index contributed by atoms with van der Waals surface area (Å²) in [6.07, 6.45) is 1.07. The molecule has 184 valence electrons. The first-order valence-electron chi connectivity index (χ1n) is 11.6. The van der Waals surface area contributed by atoms with Gasteiger partial charge in [0, 0.05) is 23.7 Å². The van der Waals surface area contributed by atoms with Crippen molar-refractivity contribution >= 4 is 17.5 Å². The molecule has 0 aromatic heterocycles. The lowest BCUT2D eigenvalue weighted by atomic mass is 9.63. The number of hydrogen-bond acceptors (Lipinski definition) is 7. The molecule has 0 amide bonds. The maximum atomic E-state index is 13.5. The molecule has 0 bridgehead atoms. The van der Waals surface area contributed by atoms with Gasteiger partial charge in [0.15, 0.2) is 11.5 Å². The van der Waals surface area contributed by atoms with Crippen LogP contribution in [-0.4, -0.2) is 36.8 Å². The lowest BCUT2D eigenvalue weighted by molar-refractivity contribution is -0.140.